The number of nitrogens with one attached hydrogen (secondary N) is 1. The quantitative estimate of drug-likeness (QED) is 0.687. The third kappa shape index (κ3) is 5.43. The summed E-state index contributed by atoms with van der Waals surface area (Å²) in [5.74, 6) is -2.20. The van der Waals surface area contributed by atoms with Crippen LogP contribution in [0.3, 0.4) is 0 Å². The van der Waals surface area contributed by atoms with Gasteiger partial charge in [-0.3, -0.25) is 9.59 Å². The molecule has 0 bridgehead atoms. The molecule has 7 heteroatoms. The number of rotatable bonds is 6. The van der Waals surface area contributed by atoms with Gasteiger partial charge in [0.15, 0.2) is 0 Å². The molecule has 0 heterocycles. The van der Waals surface area contributed by atoms with Crippen molar-refractivity contribution in [1.82, 2.24) is 0 Å². The van der Waals surface area contributed by atoms with Gasteiger partial charge in [-0.25, -0.2) is 4.79 Å². The van der Waals surface area contributed by atoms with E-state index in [1.165, 1.54) is 18.2 Å². The van der Waals surface area contributed by atoms with E-state index in [-0.39, 0.29) is 29.8 Å². The van der Waals surface area contributed by atoms with Crippen LogP contribution < -0.4 is 11.1 Å². The summed E-state index contributed by atoms with van der Waals surface area (Å²) in [6.45, 7) is 5.48. The van der Waals surface area contributed by atoms with E-state index in [0.29, 0.717) is 0 Å². The molecule has 0 unspecified atom stereocenters. The van der Waals surface area contributed by atoms with Gasteiger partial charge in [-0.05, 0) is 39.0 Å². The Balaban J connectivity index is 2.75. The van der Waals surface area contributed by atoms with Crippen molar-refractivity contribution >= 4 is 23.5 Å². The zero-order chi connectivity index (χ0) is 16.9. The van der Waals surface area contributed by atoms with Gasteiger partial charge in [0.25, 0.3) is 5.91 Å². The van der Waals surface area contributed by atoms with E-state index in [4.69, 9.17) is 15.6 Å². The van der Waals surface area contributed by atoms with Crippen LogP contribution in [0.4, 0.5) is 5.69 Å². The normalized spacial score (nSPS) is 10.9. The van der Waals surface area contributed by atoms with Crippen LogP contribution >= 0.6 is 0 Å². The average Bonchev–Trinajstić information content (AvgIpc) is 2.35. The minimum absolute atomic E-state index is 0.0183. The monoisotopic (exact) mass is 308 g/mol. The molecule has 1 rings (SSSR count). The number of benzene rings is 1. The predicted molar refractivity (Wildman–Crippen MR) is 80.9 cm³/mol. The highest BCUT2D eigenvalue weighted by atomic mass is 16.6. The number of esters is 1. The summed E-state index contributed by atoms with van der Waals surface area (Å²) in [6, 6.07) is 3.93. The van der Waals surface area contributed by atoms with Gasteiger partial charge in [0.05, 0.1) is 17.5 Å². The molecule has 1 aromatic carbocycles. The number of aromatic carboxylic acids is 1. The van der Waals surface area contributed by atoms with Gasteiger partial charge in [0, 0.05) is 12.2 Å². The number of anilines is 1. The molecule has 0 aromatic heterocycles. The van der Waals surface area contributed by atoms with Crippen LogP contribution in [-0.2, 0) is 9.53 Å². The number of carboxylic acids is 1. The summed E-state index contributed by atoms with van der Waals surface area (Å²) in [6.07, 6.45) is 0.0762. The van der Waals surface area contributed by atoms with Crippen LogP contribution in [-0.4, -0.2) is 35.1 Å². The van der Waals surface area contributed by atoms with E-state index in [0.717, 1.165) is 0 Å². The zero-order valence-corrected chi connectivity index (χ0v) is 12.8. The second-order valence-corrected chi connectivity index (χ2v) is 5.69. The Kier molecular flexibility index (Phi) is 5.50. The Labute approximate surface area is 128 Å². The van der Waals surface area contributed by atoms with Gasteiger partial charge < -0.3 is 20.9 Å². The number of carboxylic acid groups (broad SMARTS) is 1. The first-order valence-corrected chi connectivity index (χ1v) is 6.73. The lowest BCUT2D eigenvalue weighted by atomic mass is 10.1. The Morgan fingerprint density at radius 2 is 1.91 bits per heavy atom. The van der Waals surface area contributed by atoms with E-state index in [9.17, 15) is 14.4 Å². The zero-order valence-electron chi connectivity index (χ0n) is 12.8. The Morgan fingerprint density at radius 3 is 2.41 bits per heavy atom. The molecule has 120 valence electrons. The number of amides is 1. The van der Waals surface area contributed by atoms with Crippen molar-refractivity contribution in [1.29, 1.82) is 0 Å². The molecule has 0 aliphatic carbocycles. The Bertz CT molecular complexity index is 590. The van der Waals surface area contributed by atoms with Crippen LogP contribution in [0.15, 0.2) is 18.2 Å². The SMILES string of the molecule is CC(C)(C)OC(=O)CCNc1cc(C(=O)O)ccc1C(N)=O. The van der Waals surface area contributed by atoms with Gasteiger partial charge >= 0.3 is 11.9 Å². The fourth-order valence-electron chi connectivity index (χ4n) is 1.73. The molecule has 0 spiro atoms. The molecular weight excluding hydrogens is 288 g/mol. The summed E-state index contributed by atoms with van der Waals surface area (Å²) >= 11 is 0. The lowest BCUT2D eigenvalue weighted by Gasteiger charge is -2.19. The molecular formula is C15H20N2O5. The van der Waals surface area contributed by atoms with Crippen molar-refractivity contribution in [3.05, 3.63) is 29.3 Å². The predicted octanol–water partition coefficient (Wildman–Crippen LogP) is 1.63. The van der Waals surface area contributed by atoms with Crippen molar-refractivity contribution in [2.24, 2.45) is 5.73 Å². The maximum Gasteiger partial charge on any atom is 0.335 e. The smallest absolute Gasteiger partial charge is 0.335 e. The van der Waals surface area contributed by atoms with E-state index in [1.54, 1.807) is 20.8 Å². The molecule has 22 heavy (non-hydrogen) atoms. The van der Waals surface area contributed by atoms with Gasteiger partial charge in [0.2, 0.25) is 0 Å². The number of ether oxygens (including phenoxy) is 1. The van der Waals surface area contributed by atoms with E-state index in [2.05, 4.69) is 5.32 Å². The van der Waals surface area contributed by atoms with Gasteiger partial charge in [-0.1, -0.05) is 0 Å². The third-order valence-electron chi connectivity index (χ3n) is 2.60. The molecule has 0 atom stereocenters. The second-order valence-electron chi connectivity index (χ2n) is 5.69. The van der Waals surface area contributed by atoms with Crippen LogP contribution in [0, 0.1) is 0 Å². The van der Waals surface area contributed by atoms with Crippen molar-refractivity contribution in [2.75, 3.05) is 11.9 Å². The van der Waals surface area contributed by atoms with E-state index in [1.807, 2.05) is 0 Å². The van der Waals surface area contributed by atoms with E-state index >= 15 is 0 Å². The van der Waals surface area contributed by atoms with Crippen molar-refractivity contribution < 1.29 is 24.2 Å². The third-order valence-corrected chi connectivity index (χ3v) is 2.60. The summed E-state index contributed by atoms with van der Waals surface area (Å²) in [5.41, 5.74) is 5.12. The minimum atomic E-state index is -1.12. The number of hydrogen-bond donors (Lipinski definition) is 3. The number of carbonyl (C=O) groups excluding carboxylic acids is 2. The fraction of sp³-hybridized carbons (Fsp3) is 0.400. The highest BCUT2D eigenvalue weighted by Crippen LogP contribution is 2.18. The van der Waals surface area contributed by atoms with Crippen LogP contribution in [0.2, 0.25) is 0 Å². The molecule has 0 aliphatic heterocycles. The van der Waals surface area contributed by atoms with Crippen LogP contribution in [0.5, 0.6) is 0 Å². The lowest BCUT2D eigenvalue weighted by Crippen LogP contribution is -2.25. The number of carbonyl (C=O) groups is 3. The summed E-state index contributed by atoms with van der Waals surface area (Å²) in [5, 5.41) is 11.8. The summed E-state index contributed by atoms with van der Waals surface area (Å²) < 4.78 is 5.15. The number of nitrogens with two attached hydrogens (primary N) is 1. The number of primary amides is 1. The largest absolute Gasteiger partial charge is 0.478 e. The van der Waals surface area contributed by atoms with Crippen molar-refractivity contribution in [3.63, 3.8) is 0 Å². The molecule has 0 radical (unpaired) electrons. The molecule has 4 N–H and O–H groups in total. The highest BCUT2D eigenvalue weighted by molar-refractivity contribution is 6.00. The first-order chi connectivity index (χ1) is 10.1. The molecule has 0 saturated carbocycles. The van der Waals surface area contributed by atoms with Gasteiger partial charge in [-0.15, -0.1) is 0 Å². The second kappa shape index (κ2) is 6.93. The maximum absolute atomic E-state index is 11.6. The Hall–Kier alpha value is -2.57. The molecule has 1 aromatic rings. The lowest BCUT2D eigenvalue weighted by molar-refractivity contribution is -0.154. The average molecular weight is 308 g/mol. The van der Waals surface area contributed by atoms with Gasteiger partial charge in [0.1, 0.15) is 5.60 Å². The standard InChI is InChI=1S/C15H20N2O5/c1-15(2,3)22-12(18)6-7-17-11-8-9(14(20)21)4-5-10(11)13(16)19/h4-5,8,17H,6-7H2,1-3H3,(H2,16,19)(H,20,21). The topological polar surface area (TPSA) is 119 Å². The number of hydrogen-bond acceptors (Lipinski definition) is 5. The molecule has 7 nitrogen and oxygen atoms in total. The van der Waals surface area contributed by atoms with Crippen molar-refractivity contribution in [3.8, 4) is 0 Å². The summed E-state index contributed by atoms with van der Waals surface area (Å²) in [7, 11) is 0. The first kappa shape index (κ1) is 17.5. The van der Waals surface area contributed by atoms with Crippen LogP contribution in [0.1, 0.15) is 47.9 Å². The molecule has 0 fully saturated rings. The van der Waals surface area contributed by atoms with Gasteiger partial charge in [-0.2, -0.15) is 0 Å². The highest BCUT2D eigenvalue weighted by Gasteiger charge is 2.16. The van der Waals surface area contributed by atoms with Crippen LogP contribution in [0.25, 0.3) is 0 Å². The first-order valence-electron chi connectivity index (χ1n) is 6.73. The Morgan fingerprint density at radius 1 is 1.27 bits per heavy atom. The summed E-state index contributed by atoms with van der Waals surface area (Å²) in [4.78, 5) is 33.9. The minimum Gasteiger partial charge on any atom is -0.478 e. The molecule has 0 saturated heterocycles. The molecule has 1 amide bonds. The maximum atomic E-state index is 11.6. The fourth-order valence-corrected chi connectivity index (χ4v) is 1.73. The van der Waals surface area contributed by atoms with E-state index < -0.39 is 23.4 Å². The van der Waals surface area contributed by atoms with Crippen molar-refractivity contribution in [2.45, 2.75) is 32.8 Å². The molecule has 0 aliphatic rings.